The quantitative estimate of drug-likeness (QED) is 0.526. The van der Waals surface area contributed by atoms with E-state index in [2.05, 4.69) is 33.9 Å². The Balaban J connectivity index is 4.00. The topological polar surface area (TPSA) is 29.5 Å². The van der Waals surface area contributed by atoms with Gasteiger partial charge in [-0.1, -0.05) is 33.9 Å². The minimum atomic E-state index is -1.31. The molecule has 3 heteroatoms. The van der Waals surface area contributed by atoms with Crippen molar-refractivity contribution in [3.05, 3.63) is 0 Å². The molecule has 0 aromatic carbocycles. The smallest absolute Gasteiger partial charge is 0.143 e. The van der Waals surface area contributed by atoms with Crippen LogP contribution in [0.3, 0.4) is 0 Å². The molecule has 0 saturated heterocycles. The van der Waals surface area contributed by atoms with E-state index in [4.69, 9.17) is 9.84 Å². The van der Waals surface area contributed by atoms with E-state index in [9.17, 15) is 0 Å². The second-order valence-corrected chi connectivity index (χ2v) is 10.2. The standard InChI is InChI=1S/C8H20O2Si/c1-8(2,3)11(4,5)7-10-6-9/h9H,6-7H2,1-5H3. The van der Waals surface area contributed by atoms with Crippen LogP contribution in [0.5, 0.6) is 0 Å². The zero-order valence-electron chi connectivity index (χ0n) is 8.27. The van der Waals surface area contributed by atoms with Crippen LogP contribution in [0.15, 0.2) is 0 Å². The van der Waals surface area contributed by atoms with Crippen LogP contribution in [0.1, 0.15) is 20.8 Å². The molecule has 0 aliphatic rings. The lowest BCUT2D eigenvalue weighted by atomic mass is 10.2. The van der Waals surface area contributed by atoms with Gasteiger partial charge in [0.05, 0.1) is 8.07 Å². The molecular formula is C8H20O2Si. The predicted molar refractivity (Wildman–Crippen MR) is 50.2 cm³/mol. The van der Waals surface area contributed by atoms with Crippen LogP contribution < -0.4 is 0 Å². The fourth-order valence-corrected chi connectivity index (χ4v) is 1.55. The van der Waals surface area contributed by atoms with E-state index in [-0.39, 0.29) is 6.79 Å². The fraction of sp³-hybridized carbons (Fsp3) is 1.00. The zero-order chi connectivity index (χ0) is 9.12. The van der Waals surface area contributed by atoms with Crippen LogP contribution in [-0.2, 0) is 4.74 Å². The van der Waals surface area contributed by atoms with Crippen LogP contribution >= 0.6 is 0 Å². The van der Waals surface area contributed by atoms with Gasteiger partial charge in [-0.2, -0.15) is 0 Å². The summed E-state index contributed by atoms with van der Waals surface area (Å²) in [5, 5.41) is 8.84. The summed E-state index contributed by atoms with van der Waals surface area (Å²) in [5.74, 6) is 0. The summed E-state index contributed by atoms with van der Waals surface area (Å²) in [6, 6.07) is 0. The molecule has 0 rings (SSSR count). The van der Waals surface area contributed by atoms with E-state index >= 15 is 0 Å². The van der Waals surface area contributed by atoms with Crippen LogP contribution in [0.25, 0.3) is 0 Å². The van der Waals surface area contributed by atoms with Gasteiger partial charge in [0.2, 0.25) is 0 Å². The summed E-state index contributed by atoms with van der Waals surface area (Å²) in [7, 11) is -1.31. The van der Waals surface area contributed by atoms with Gasteiger partial charge in [-0.15, -0.1) is 0 Å². The van der Waals surface area contributed by atoms with Crippen molar-refractivity contribution in [2.75, 3.05) is 13.0 Å². The van der Waals surface area contributed by atoms with Gasteiger partial charge in [0.1, 0.15) is 6.79 Å². The van der Waals surface area contributed by atoms with Gasteiger partial charge in [0.15, 0.2) is 0 Å². The molecule has 0 aromatic rings. The van der Waals surface area contributed by atoms with Crippen LogP contribution in [0, 0.1) is 0 Å². The molecule has 2 nitrogen and oxygen atoms in total. The zero-order valence-corrected chi connectivity index (χ0v) is 9.27. The van der Waals surface area contributed by atoms with Crippen molar-refractivity contribution in [3.8, 4) is 0 Å². The van der Waals surface area contributed by atoms with Crippen LogP contribution in [0.2, 0.25) is 18.1 Å². The highest BCUT2D eigenvalue weighted by molar-refractivity contribution is 6.80. The summed E-state index contributed by atoms with van der Waals surface area (Å²) in [5.41, 5.74) is 0. The number of aliphatic hydroxyl groups excluding tert-OH is 1. The third-order valence-electron chi connectivity index (χ3n) is 2.58. The summed E-state index contributed by atoms with van der Waals surface area (Å²) >= 11 is 0. The van der Waals surface area contributed by atoms with Crippen molar-refractivity contribution >= 4 is 8.07 Å². The number of aliphatic hydroxyl groups is 1. The fourth-order valence-electron chi connectivity index (χ4n) is 0.517. The minimum absolute atomic E-state index is 0.146. The molecule has 0 aromatic heterocycles. The molecule has 0 saturated carbocycles. The molecule has 0 atom stereocenters. The van der Waals surface area contributed by atoms with Crippen molar-refractivity contribution in [3.63, 3.8) is 0 Å². The first-order valence-electron chi connectivity index (χ1n) is 4.00. The summed E-state index contributed by atoms with van der Waals surface area (Å²) in [6.07, 6.45) is 0.743. The number of hydrogen-bond donors (Lipinski definition) is 1. The van der Waals surface area contributed by atoms with Gasteiger partial charge in [-0.3, -0.25) is 0 Å². The largest absolute Gasteiger partial charge is 0.371 e. The van der Waals surface area contributed by atoms with Crippen molar-refractivity contribution < 1.29 is 9.84 Å². The minimum Gasteiger partial charge on any atom is -0.371 e. The Morgan fingerprint density at radius 1 is 1.27 bits per heavy atom. The second-order valence-electron chi connectivity index (χ2n) is 4.61. The van der Waals surface area contributed by atoms with Crippen molar-refractivity contribution in [2.24, 2.45) is 0 Å². The average Bonchev–Trinajstić information content (AvgIpc) is 1.81. The van der Waals surface area contributed by atoms with E-state index in [0.29, 0.717) is 5.04 Å². The molecule has 0 radical (unpaired) electrons. The third kappa shape index (κ3) is 3.36. The Kier molecular flexibility index (Phi) is 3.74. The molecule has 0 heterocycles. The average molecular weight is 176 g/mol. The first-order valence-corrected chi connectivity index (χ1v) is 7.20. The molecule has 0 aliphatic heterocycles. The molecule has 11 heavy (non-hydrogen) atoms. The van der Waals surface area contributed by atoms with Crippen molar-refractivity contribution in [1.82, 2.24) is 0 Å². The summed E-state index contributed by atoms with van der Waals surface area (Å²) in [6.45, 7) is 11.1. The molecule has 0 bridgehead atoms. The van der Waals surface area contributed by atoms with Gasteiger partial charge in [-0.25, -0.2) is 0 Å². The lowest BCUT2D eigenvalue weighted by molar-refractivity contribution is 0.0179. The maximum Gasteiger partial charge on any atom is 0.143 e. The SMILES string of the molecule is CC(C)(C)[Si](C)(C)COCO. The number of ether oxygens (including phenoxy) is 1. The van der Waals surface area contributed by atoms with Gasteiger partial charge < -0.3 is 9.84 Å². The van der Waals surface area contributed by atoms with Crippen LogP contribution in [-0.4, -0.2) is 26.2 Å². The van der Waals surface area contributed by atoms with E-state index in [1.807, 2.05) is 0 Å². The lowest BCUT2D eigenvalue weighted by Crippen LogP contribution is -2.42. The first-order chi connectivity index (χ1) is 4.81. The molecule has 1 N–H and O–H groups in total. The van der Waals surface area contributed by atoms with E-state index in [1.54, 1.807) is 0 Å². The second kappa shape index (κ2) is 3.69. The van der Waals surface area contributed by atoms with Gasteiger partial charge in [0, 0.05) is 6.23 Å². The van der Waals surface area contributed by atoms with Gasteiger partial charge >= 0.3 is 0 Å². The molecule has 0 unspecified atom stereocenters. The van der Waals surface area contributed by atoms with E-state index in [0.717, 1.165) is 6.23 Å². The van der Waals surface area contributed by atoms with Crippen molar-refractivity contribution in [1.29, 1.82) is 0 Å². The highest BCUT2D eigenvalue weighted by Gasteiger charge is 2.35. The Morgan fingerprint density at radius 3 is 2.00 bits per heavy atom. The number of rotatable bonds is 3. The molecule has 0 amide bonds. The summed E-state index contributed by atoms with van der Waals surface area (Å²) < 4.78 is 5.04. The van der Waals surface area contributed by atoms with Crippen LogP contribution in [0.4, 0.5) is 0 Å². The van der Waals surface area contributed by atoms with Gasteiger partial charge in [0.25, 0.3) is 0 Å². The Hall–Kier alpha value is 0.137. The van der Waals surface area contributed by atoms with Gasteiger partial charge in [-0.05, 0) is 5.04 Å². The van der Waals surface area contributed by atoms with E-state index in [1.165, 1.54) is 0 Å². The molecule has 0 fully saturated rings. The molecular weight excluding hydrogens is 156 g/mol. The Morgan fingerprint density at radius 2 is 1.73 bits per heavy atom. The normalized spacial score (nSPS) is 13.6. The molecule has 68 valence electrons. The maximum atomic E-state index is 8.50. The summed E-state index contributed by atoms with van der Waals surface area (Å²) in [4.78, 5) is 0. The Bertz CT molecular complexity index is 116. The Labute approximate surface area is 70.6 Å². The maximum absolute atomic E-state index is 8.50. The highest BCUT2D eigenvalue weighted by atomic mass is 28.3. The first kappa shape index (κ1) is 11.1. The molecule has 0 spiro atoms. The van der Waals surface area contributed by atoms with E-state index < -0.39 is 8.07 Å². The lowest BCUT2D eigenvalue weighted by Gasteiger charge is -2.36. The molecule has 0 aliphatic carbocycles. The monoisotopic (exact) mass is 176 g/mol. The third-order valence-corrected chi connectivity index (χ3v) is 7.57. The predicted octanol–water partition coefficient (Wildman–Crippen LogP) is 2.00. The van der Waals surface area contributed by atoms with Crippen molar-refractivity contribution in [2.45, 2.75) is 38.9 Å². The highest BCUT2D eigenvalue weighted by Crippen LogP contribution is 2.35. The number of hydrogen-bond acceptors (Lipinski definition) is 2.